The molecule has 8 heteroatoms. The largest absolute Gasteiger partial charge is 0.460 e. The number of oxazole rings is 1. The number of carbonyl (C=O) groups is 1. The minimum atomic E-state index is -3.89. The minimum Gasteiger partial charge on any atom is -0.460 e. The Labute approximate surface area is 138 Å². The van der Waals surface area contributed by atoms with E-state index < -0.39 is 16.0 Å². The number of nitrogens with zero attached hydrogens (tertiary/aromatic N) is 1. The van der Waals surface area contributed by atoms with E-state index in [-0.39, 0.29) is 23.3 Å². The molecule has 1 heterocycles. The molecule has 0 aliphatic carbocycles. The van der Waals surface area contributed by atoms with E-state index >= 15 is 0 Å². The Balaban J connectivity index is 1.86. The Morgan fingerprint density at radius 1 is 1.21 bits per heavy atom. The Bertz CT molecular complexity index is 994. The molecular formula is C16H14N2O5S. The molecule has 0 radical (unpaired) electrons. The number of ether oxygens (including phenoxy) is 1. The molecule has 0 fully saturated rings. The number of fused-ring (bicyclic) bond motifs is 1. The van der Waals surface area contributed by atoms with Gasteiger partial charge in [0.1, 0.15) is 0 Å². The van der Waals surface area contributed by atoms with Crippen molar-refractivity contribution in [3.05, 3.63) is 54.4 Å². The van der Waals surface area contributed by atoms with Crippen molar-refractivity contribution in [2.24, 2.45) is 0 Å². The van der Waals surface area contributed by atoms with Crippen LogP contribution in [0.5, 0.6) is 0 Å². The first-order valence-electron chi connectivity index (χ1n) is 7.14. The zero-order chi connectivity index (χ0) is 17.2. The van der Waals surface area contributed by atoms with Crippen LogP contribution in [0.25, 0.3) is 10.8 Å². The second kappa shape index (κ2) is 6.32. The highest BCUT2D eigenvalue weighted by Gasteiger charge is 2.20. The lowest BCUT2D eigenvalue weighted by Crippen LogP contribution is -2.13. The lowest BCUT2D eigenvalue weighted by molar-refractivity contribution is 0.0491. The van der Waals surface area contributed by atoms with Crippen molar-refractivity contribution in [1.29, 1.82) is 0 Å². The molecule has 3 aromatic rings. The van der Waals surface area contributed by atoms with E-state index in [2.05, 4.69) is 9.71 Å². The highest BCUT2D eigenvalue weighted by atomic mass is 32.2. The average Bonchev–Trinajstić information content (AvgIpc) is 3.02. The standard InChI is InChI=1S/C16H14N2O5S/c1-2-22-15(19)14-10-17-16(23-14)18-24(20,21)13-8-7-11-5-3-4-6-12(11)9-13/h3-10H,2H2,1H3,(H,17,18). The lowest BCUT2D eigenvalue weighted by atomic mass is 10.1. The van der Waals surface area contributed by atoms with Gasteiger partial charge in [0, 0.05) is 0 Å². The molecule has 2 aromatic carbocycles. The number of esters is 1. The number of carbonyl (C=O) groups excluding carboxylic acids is 1. The smallest absolute Gasteiger partial charge is 0.376 e. The summed E-state index contributed by atoms with van der Waals surface area (Å²) in [5, 5.41) is 1.72. The quantitative estimate of drug-likeness (QED) is 0.713. The molecule has 0 aliphatic heterocycles. The highest BCUT2D eigenvalue weighted by molar-refractivity contribution is 7.92. The summed E-state index contributed by atoms with van der Waals surface area (Å²) < 4.78 is 36.9. The van der Waals surface area contributed by atoms with Crippen LogP contribution in [0, 0.1) is 0 Å². The third kappa shape index (κ3) is 3.23. The van der Waals surface area contributed by atoms with E-state index in [0.29, 0.717) is 0 Å². The molecule has 7 nitrogen and oxygen atoms in total. The lowest BCUT2D eigenvalue weighted by Gasteiger charge is -2.06. The van der Waals surface area contributed by atoms with Gasteiger partial charge in [0.05, 0.1) is 17.7 Å². The summed E-state index contributed by atoms with van der Waals surface area (Å²) in [6.45, 7) is 1.83. The van der Waals surface area contributed by atoms with Crippen LogP contribution < -0.4 is 4.72 Å². The Kier molecular flexibility index (Phi) is 4.22. The molecule has 0 saturated carbocycles. The van der Waals surface area contributed by atoms with E-state index in [9.17, 15) is 13.2 Å². The van der Waals surface area contributed by atoms with Gasteiger partial charge in [-0.05, 0) is 29.8 Å². The first-order chi connectivity index (χ1) is 11.5. The molecule has 0 unspecified atom stereocenters. The maximum absolute atomic E-state index is 12.4. The molecule has 0 aliphatic rings. The van der Waals surface area contributed by atoms with E-state index in [1.165, 1.54) is 6.07 Å². The number of aromatic nitrogens is 1. The molecule has 0 saturated heterocycles. The maximum atomic E-state index is 12.4. The number of rotatable bonds is 5. The third-order valence-corrected chi connectivity index (χ3v) is 4.55. The van der Waals surface area contributed by atoms with Gasteiger partial charge in [0.25, 0.3) is 10.0 Å². The molecule has 0 bridgehead atoms. The van der Waals surface area contributed by atoms with Crippen molar-refractivity contribution in [3.8, 4) is 0 Å². The fourth-order valence-electron chi connectivity index (χ4n) is 2.13. The predicted molar refractivity (Wildman–Crippen MR) is 87.2 cm³/mol. The van der Waals surface area contributed by atoms with Crippen molar-refractivity contribution in [3.63, 3.8) is 0 Å². The molecule has 3 rings (SSSR count). The second-order valence-electron chi connectivity index (χ2n) is 4.86. The molecular weight excluding hydrogens is 332 g/mol. The van der Waals surface area contributed by atoms with E-state index in [0.717, 1.165) is 17.0 Å². The van der Waals surface area contributed by atoms with Gasteiger partial charge >= 0.3 is 12.0 Å². The van der Waals surface area contributed by atoms with Crippen LogP contribution in [0.3, 0.4) is 0 Å². The van der Waals surface area contributed by atoms with Gasteiger partial charge in [-0.3, -0.25) is 0 Å². The Morgan fingerprint density at radius 2 is 1.96 bits per heavy atom. The van der Waals surface area contributed by atoms with Crippen LogP contribution in [0.4, 0.5) is 6.01 Å². The highest BCUT2D eigenvalue weighted by Crippen LogP contribution is 2.21. The van der Waals surface area contributed by atoms with E-state index in [4.69, 9.17) is 9.15 Å². The first kappa shape index (κ1) is 16.0. The van der Waals surface area contributed by atoms with Crippen LogP contribution in [-0.2, 0) is 14.8 Å². The number of anilines is 1. The molecule has 1 aromatic heterocycles. The second-order valence-corrected chi connectivity index (χ2v) is 6.55. The van der Waals surface area contributed by atoms with E-state index in [1.54, 1.807) is 19.1 Å². The maximum Gasteiger partial charge on any atom is 0.376 e. The van der Waals surface area contributed by atoms with E-state index in [1.807, 2.05) is 24.3 Å². The Morgan fingerprint density at radius 3 is 2.71 bits per heavy atom. The van der Waals surface area contributed by atoms with Crippen molar-refractivity contribution in [2.45, 2.75) is 11.8 Å². The number of nitrogens with one attached hydrogen (secondary N) is 1. The van der Waals surface area contributed by atoms with Crippen LogP contribution >= 0.6 is 0 Å². The predicted octanol–water partition coefficient (Wildman–Crippen LogP) is 2.81. The number of hydrogen-bond acceptors (Lipinski definition) is 6. The third-order valence-electron chi connectivity index (χ3n) is 3.24. The summed E-state index contributed by atoms with van der Waals surface area (Å²) in [6.07, 6.45) is 1.11. The summed E-state index contributed by atoms with van der Waals surface area (Å²) >= 11 is 0. The SMILES string of the molecule is CCOC(=O)c1cnc(NS(=O)(=O)c2ccc3ccccc3c2)o1. The van der Waals surface area contributed by atoms with Crippen molar-refractivity contribution in [1.82, 2.24) is 4.98 Å². The summed E-state index contributed by atoms with van der Waals surface area (Å²) in [4.78, 5) is 15.3. The molecule has 0 spiro atoms. The van der Waals surface area contributed by atoms with Gasteiger partial charge in [0.15, 0.2) is 0 Å². The fourth-order valence-corrected chi connectivity index (χ4v) is 3.10. The number of benzene rings is 2. The molecule has 24 heavy (non-hydrogen) atoms. The van der Waals surface area contributed by atoms with Crippen LogP contribution in [0.1, 0.15) is 17.5 Å². The Hall–Kier alpha value is -2.87. The summed E-state index contributed by atoms with van der Waals surface area (Å²) in [6, 6.07) is 11.9. The van der Waals surface area contributed by atoms with Gasteiger partial charge in [-0.25, -0.2) is 22.9 Å². The van der Waals surface area contributed by atoms with Crippen molar-refractivity contribution in [2.75, 3.05) is 11.3 Å². The monoisotopic (exact) mass is 346 g/mol. The molecule has 124 valence electrons. The van der Waals surface area contributed by atoms with Crippen molar-refractivity contribution < 1.29 is 22.4 Å². The van der Waals surface area contributed by atoms with Crippen LogP contribution in [0.2, 0.25) is 0 Å². The molecule has 0 amide bonds. The molecule has 0 atom stereocenters. The van der Waals surface area contributed by atoms with Crippen molar-refractivity contribution >= 4 is 32.8 Å². The molecule has 1 N–H and O–H groups in total. The van der Waals surface area contributed by atoms with Crippen LogP contribution in [0.15, 0.2) is 58.0 Å². The van der Waals surface area contributed by atoms with Gasteiger partial charge in [0.2, 0.25) is 5.76 Å². The minimum absolute atomic E-state index is 0.0667. The van der Waals surface area contributed by atoms with Gasteiger partial charge in [-0.1, -0.05) is 30.3 Å². The van der Waals surface area contributed by atoms with Crippen LogP contribution in [-0.4, -0.2) is 26.0 Å². The number of sulfonamides is 1. The normalized spacial score (nSPS) is 11.4. The zero-order valence-corrected chi connectivity index (χ0v) is 13.5. The average molecular weight is 346 g/mol. The van der Waals surface area contributed by atoms with Gasteiger partial charge in [-0.15, -0.1) is 0 Å². The summed E-state index contributed by atoms with van der Waals surface area (Å²) in [5.74, 6) is -0.880. The van der Waals surface area contributed by atoms with Gasteiger partial charge in [-0.2, -0.15) is 0 Å². The first-order valence-corrected chi connectivity index (χ1v) is 8.62. The number of hydrogen-bond donors (Lipinski definition) is 1. The topological polar surface area (TPSA) is 98.5 Å². The summed E-state index contributed by atoms with van der Waals surface area (Å²) in [7, 11) is -3.89. The summed E-state index contributed by atoms with van der Waals surface area (Å²) in [5.41, 5.74) is 0. The fraction of sp³-hybridized carbons (Fsp3) is 0.125. The zero-order valence-electron chi connectivity index (χ0n) is 12.7. The van der Waals surface area contributed by atoms with Gasteiger partial charge < -0.3 is 9.15 Å².